The summed E-state index contributed by atoms with van der Waals surface area (Å²) >= 11 is 0. The predicted molar refractivity (Wildman–Crippen MR) is 75.6 cm³/mol. The lowest BCUT2D eigenvalue weighted by molar-refractivity contribution is -0.145. The Bertz CT molecular complexity index is 372. The highest BCUT2D eigenvalue weighted by Gasteiger charge is 2.36. The fourth-order valence-corrected chi connectivity index (χ4v) is 2.04. The molecule has 1 rings (SSSR count). The van der Waals surface area contributed by atoms with E-state index in [-0.39, 0.29) is 12.5 Å². The highest BCUT2D eigenvalue weighted by Crippen LogP contribution is 2.15. The van der Waals surface area contributed by atoms with Crippen LogP contribution >= 0.6 is 0 Å². The number of hydrogen-bond acceptors (Lipinski definition) is 5. The molecule has 1 heterocycles. The molecular formula is C14H24N2O5. The van der Waals surface area contributed by atoms with E-state index in [1.807, 2.05) is 0 Å². The zero-order valence-electron chi connectivity index (χ0n) is 12.6. The summed E-state index contributed by atoms with van der Waals surface area (Å²) in [7, 11) is 0. The largest absolute Gasteiger partial charge is 0.457 e. The van der Waals surface area contributed by atoms with Crippen LogP contribution in [0.15, 0.2) is 0 Å². The van der Waals surface area contributed by atoms with Crippen molar-refractivity contribution in [3.05, 3.63) is 0 Å². The van der Waals surface area contributed by atoms with Gasteiger partial charge in [0, 0.05) is 19.4 Å². The minimum absolute atomic E-state index is 0.000220. The number of ether oxygens (including phenoxy) is 2. The summed E-state index contributed by atoms with van der Waals surface area (Å²) in [5, 5.41) is 5.14. The number of carbonyl (C=O) groups excluding carboxylic acids is 3. The van der Waals surface area contributed by atoms with E-state index in [0.29, 0.717) is 19.4 Å². The molecule has 0 aliphatic carbocycles. The summed E-state index contributed by atoms with van der Waals surface area (Å²) in [5.74, 6) is -0.612. The van der Waals surface area contributed by atoms with E-state index in [4.69, 9.17) is 9.47 Å². The zero-order chi connectivity index (χ0) is 15.7. The van der Waals surface area contributed by atoms with Crippen molar-refractivity contribution in [1.29, 1.82) is 0 Å². The van der Waals surface area contributed by atoms with Gasteiger partial charge in [0.1, 0.15) is 18.8 Å². The normalized spacial score (nSPS) is 20.8. The summed E-state index contributed by atoms with van der Waals surface area (Å²) < 4.78 is 9.98. The van der Waals surface area contributed by atoms with Crippen molar-refractivity contribution in [2.75, 3.05) is 13.2 Å². The average Bonchev–Trinajstić information content (AvgIpc) is 2.78. The van der Waals surface area contributed by atoms with Crippen molar-refractivity contribution in [3.63, 3.8) is 0 Å². The van der Waals surface area contributed by atoms with Crippen molar-refractivity contribution in [3.8, 4) is 0 Å². The Morgan fingerprint density at radius 2 is 2.10 bits per heavy atom. The van der Waals surface area contributed by atoms with E-state index in [0.717, 1.165) is 19.3 Å². The Balaban J connectivity index is 2.27. The van der Waals surface area contributed by atoms with Crippen LogP contribution in [0.4, 0.5) is 4.79 Å². The number of cyclic esters (lactones) is 1. The first-order valence-corrected chi connectivity index (χ1v) is 7.47. The van der Waals surface area contributed by atoms with Crippen molar-refractivity contribution in [1.82, 2.24) is 10.6 Å². The van der Waals surface area contributed by atoms with E-state index in [9.17, 15) is 14.4 Å². The van der Waals surface area contributed by atoms with Gasteiger partial charge in [-0.25, -0.2) is 9.59 Å². The van der Waals surface area contributed by atoms with E-state index in [1.165, 1.54) is 0 Å². The lowest BCUT2D eigenvalue weighted by atomic mass is 10.1. The monoisotopic (exact) mass is 300 g/mol. The topological polar surface area (TPSA) is 93.7 Å². The van der Waals surface area contributed by atoms with Crippen LogP contribution in [0.1, 0.15) is 46.0 Å². The van der Waals surface area contributed by atoms with Crippen LogP contribution in [0.3, 0.4) is 0 Å². The molecule has 0 spiro atoms. The summed E-state index contributed by atoms with van der Waals surface area (Å²) in [4.78, 5) is 34.4. The molecule has 0 saturated carbocycles. The maximum atomic E-state index is 11.7. The van der Waals surface area contributed by atoms with E-state index in [1.54, 1.807) is 6.92 Å². The van der Waals surface area contributed by atoms with Gasteiger partial charge in [0.25, 0.3) is 0 Å². The van der Waals surface area contributed by atoms with Gasteiger partial charge in [-0.3, -0.25) is 4.79 Å². The van der Waals surface area contributed by atoms with Gasteiger partial charge in [-0.2, -0.15) is 0 Å². The van der Waals surface area contributed by atoms with Gasteiger partial charge in [0.2, 0.25) is 5.91 Å². The molecule has 0 aromatic carbocycles. The molecular weight excluding hydrogens is 276 g/mol. The average molecular weight is 300 g/mol. The third-order valence-corrected chi connectivity index (χ3v) is 3.13. The second-order valence-corrected chi connectivity index (χ2v) is 5.00. The van der Waals surface area contributed by atoms with Crippen molar-refractivity contribution < 1.29 is 23.9 Å². The minimum Gasteiger partial charge on any atom is -0.457 e. The summed E-state index contributed by atoms with van der Waals surface area (Å²) in [5.41, 5.74) is 0. The zero-order valence-corrected chi connectivity index (χ0v) is 12.6. The summed E-state index contributed by atoms with van der Waals surface area (Å²) in [6.45, 7) is 4.31. The van der Waals surface area contributed by atoms with E-state index in [2.05, 4.69) is 17.6 Å². The van der Waals surface area contributed by atoms with E-state index < -0.39 is 24.2 Å². The van der Waals surface area contributed by atoms with Gasteiger partial charge < -0.3 is 20.1 Å². The van der Waals surface area contributed by atoms with Crippen molar-refractivity contribution in [2.45, 2.75) is 58.1 Å². The summed E-state index contributed by atoms with van der Waals surface area (Å²) in [6, 6.07) is -0.637. The number of rotatable bonds is 8. The third kappa shape index (κ3) is 6.46. The molecule has 1 fully saturated rings. The maximum absolute atomic E-state index is 11.7. The van der Waals surface area contributed by atoms with Gasteiger partial charge in [0.05, 0.1) is 0 Å². The Labute approximate surface area is 124 Å². The van der Waals surface area contributed by atoms with Crippen molar-refractivity contribution >= 4 is 18.0 Å². The van der Waals surface area contributed by atoms with Gasteiger partial charge in [0.15, 0.2) is 0 Å². The molecule has 0 unspecified atom stereocenters. The van der Waals surface area contributed by atoms with Crippen LogP contribution < -0.4 is 10.6 Å². The summed E-state index contributed by atoms with van der Waals surface area (Å²) in [6.07, 6.45) is 2.55. The highest BCUT2D eigenvalue weighted by molar-refractivity contribution is 5.85. The number of amides is 2. The van der Waals surface area contributed by atoms with Crippen LogP contribution in [0, 0.1) is 0 Å². The van der Waals surface area contributed by atoms with Gasteiger partial charge in [-0.05, 0) is 13.3 Å². The predicted octanol–water partition coefficient (Wildman–Crippen LogP) is 1.11. The Morgan fingerprint density at radius 3 is 2.76 bits per heavy atom. The number of alkyl carbamates (subject to hydrolysis) is 1. The number of carbonyl (C=O) groups is 3. The second kappa shape index (κ2) is 9.20. The molecule has 1 aliphatic rings. The molecule has 7 nitrogen and oxygen atoms in total. The highest BCUT2D eigenvalue weighted by atomic mass is 16.6. The standard InChI is InChI=1S/C14H24N2O5/c1-3-5-6-7-12(17)16-11-8-10(21-13(11)18)9-20-14(19)15-4-2/h10-11H,3-9H2,1-2H3,(H,15,19)(H,16,17)/t10-,11-/m0/s1. The third-order valence-electron chi connectivity index (χ3n) is 3.13. The molecule has 0 bridgehead atoms. The molecule has 21 heavy (non-hydrogen) atoms. The molecule has 120 valence electrons. The molecule has 0 radical (unpaired) electrons. The molecule has 1 aliphatic heterocycles. The van der Waals surface area contributed by atoms with Crippen LogP contribution in [-0.4, -0.2) is 43.3 Å². The Morgan fingerprint density at radius 1 is 1.33 bits per heavy atom. The maximum Gasteiger partial charge on any atom is 0.407 e. The quantitative estimate of drug-likeness (QED) is 0.517. The SMILES string of the molecule is CCCCCC(=O)N[C@H]1C[C@@H](COC(=O)NCC)OC1=O. The number of esters is 1. The first-order chi connectivity index (χ1) is 10.1. The minimum atomic E-state index is -0.637. The van der Waals surface area contributed by atoms with Crippen LogP contribution in [0.2, 0.25) is 0 Å². The smallest absolute Gasteiger partial charge is 0.407 e. The van der Waals surface area contributed by atoms with Crippen LogP contribution in [0.5, 0.6) is 0 Å². The molecule has 2 N–H and O–H groups in total. The molecule has 2 atom stereocenters. The second-order valence-electron chi connectivity index (χ2n) is 5.00. The van der Waals surface area contributed by atoms with Gasteiger partial charge >= 0.3 is 12.1 Å². The van der Waals surface area contributed by atoms with Gasteiger partial charge in [-0.15, -0.1) is 0 Å². The lowest BCUT2D eigenvalue weighted by Gasteiger charge is -2.10. The molecule has 1 saturated heterocycles. The number of nitrogens with one attached hydrogen (secondary N) is 2. The fraction of sp³-hybridized carbons (Fsp3) is 0.786. The molecule has 2 amide bonds. The molecule has 0 aromatic heterocycles. The van der Waals surface area contributed by atoms with Gasteiger partial charge in [-0.1, -0.05) is 19.8 Å². The Hall–Kier alpha value is -1.79. The number of hydrogen-bond donors (Lipinski definition) is 2. The van der Waals surface area contributed by atoms with Crippen LogP contribution in [-0.2, 0) is 19.1 Å². The molecule has 7 heteroatoms. The van der Waals surface area contributed by atoms with Crippen LogP contribution in [0.25, 0.3) is 0 Å². The van der Waals surface area contributed by atoms with Crippen molar-refractivity contribution in [2.24, 2.45) is 0 Å². The fourth-order valence-electron chi connectivity index (χ4n) is 2.04. The first kappa shape index (κ1) is 17.3. The first-order valence-electron chi connectivity index (χ1n) is 7.47. The van der Waals surface area contributed by atoms with E-state index >= 15 is 0 Å². The number of unbranched alkanes of at least 4 members (excludes halogenated alkanes) is 2. The lowest BCUT2D eigenvalue weighted by Crippen LogP contribution is -2.38. The Kier molecular flexibility index (Phi) is 7.56. The molecule has 0 aromatic rings.